The molecule has 78 valence electrons. The summed E-state index contributed by atoms with van der Waals surface area (Å²) in [6, 6.07) is 1.15. The number of aliphatic hydroxyl groups excluding tert-OH is 1. The van der Waals surface area contributed by atoms with E-state index >= 15 is 0 Å². The molecule has 1 atom stereocenters. The molecule has 0 aliphatic rings. The zero-order valence-corrected chi connectivity index (χ0v) is 8.46. The molecule has 1 aromatic rings. The van der Waals surface area contributed by atoms with Crippen molar-refractivity contribution in [2.75, 3.05) is 13.2 Å². The van der Waals surface area contributed by atoms with Gasteiger partial charge in [0.2, 0.25) is 0 Å². The SMILES string of the molecule is O=C(O)[C@H](CO)NCCc1ccsc1. The molecule has 0 fully saturated rings. The minimum Gasteiger partial charge on any atom is -0.480 e. The van der Waals surface area contributed by atoms with E-state index in [0.717, 1.165) is 6.42 Å². The van der Waals surface area contributed by atoms with Crippen LogP contribution >= 0.6 is 11.3 Å². The average molecular weight is 215 g/mol. The van der Waals surface area contributed by atoms with E-state index in [0.29, 0.717) is 6.54 Å². The maximum Gasteiger partial charge on any atom is 0.323 e. The summed E-state index contributed by atoms with van der Waals surface area (Å²) in [7, 11) is 0. The number of carbonyl (C=O) groups is 1. The number of rotatable bonds is 6. The highest BCUT2D eigenvalue weighted by atomic mass is 32.1. The standard InChI is InChI=1S/C9H13NO3S/c11-5-8(9(12)13)10-3-1-7-2-4-14-6-7/h2,4,6,8,10-11H,1,3,5H2,(H,12,13)/t8-/m0/s1. The fourth-order valence-corrected chi connectivity index (χ4v) is 1.76. The van der Waals surface area contributed by atoms with Crippen LogP contribution in [0, 0.1) is 0 Å². The molecule has 1 aromatic heterocycles. The van der Waals surface area contributed by atoms with Crippen LogP contribution in [-0.4, -0.2) is 35.4 Å². The first-order chi connectivity index (χ1) is 6.74. The number of thiophene rings is 1. The van der Waals surface area contributed by atoms with E-state index in [9.17, 15) is 4.79 Å². The zero-order valence-electron chi connectivity index (χ0n) is 7.64. The Morgan fingerprint density at radius 1 is 1.64 bits per heavy atom. The lowest BCUT2D eigenvalue weighted by Gasteiger charge is -2.10. The van der Waals surface area contributed by atoms with Crippen molar-refractivity contribution in [1.82, 2.24) is 5.32 Å². The van der Waals surface area contributed by atoms with Gasteiger partial charge in [0, 0.05) is 6.54 Å². The first kappa shape index (κ1) is 11.2. The van der Waals surface area contributed by atoms with Crippen LogP contribution in [0.25, 0.3) is 0 Å². The molecular formula is C9H13NO3S. The maximum atomic E-state index is 10.5. The third-order valence-electron chi connectivity index (χ3n) is 1.87. The van der Waals surface area contributed by atoms with Crippen molar-refractivity contribution >= 4 is 17.3 Å². The van der Waals surface area contributed by atoms with Crippen LogP contribution in [0.5, 0.6) is 0 Å². The van der Waals surface area contributed by atoms with Gasteiger partial charge in [-0.15, -0.1) is 0 Å². The van der Waals surface area contributed by atoms with Crippen molar-refractivity contribution in [1.29, 1.82) is 0 Å². The summed E-state index contributed by atoms with van der Waals surface area (Å²) < 4.78 is 0. The van der Waals surface area contributed by atoms with E-state index in [1.54, 1.807) is 11.3 Å². The molecule has 14 heavy (non-hydrogen) atoms. The first-order valence-electron chi connectivity index (χ1n) is 4.32. The zero-order chi connectivity index (χ0) is 10.4. The van der Waals surface area contributed by atoms with E-state index < -0.39 is 12.0 Å². The molecule has 0 unspecified atom stereocenters. The Hall–Kier alpha value is -0.910. The van der Waals surface area contributed by atoms with E-state index in [4.69, 9.17) is 10.2 Å². The van der Waals surface area contributed by atoms with E-state index in [1.165, 1.54) is 5.56 Å². The van der Waals surface area contributed by atoms with Crippen LogP contribution < -0.4 is 5.32 Å². The number of hydrogen-bond acceptors (Lipinski definition) is 4. The predicted octanol–water partition coefficient (Wildman–Crippen LogP) is 0.326. The van der Waals surface area contributed by atoms with Gasteiger partial charge < -0.3 is 15.5 Å². The van der Waals surface area contributed by atoms with Gasteiger partial charge in [-0.05, 0) is 28.8 Å². The van der Waals surface area contributed by atoms with Gasteiger partial charge in [-0.2, -0.15) is 11.3 Å². The number of carboxylic acid groups (broad SMARTS) is 1. The number of hydrogen-bond donors (Lipinski definition) is 3. The molecule has 4 nitrogen and oxygen atoms in total. The Bertz CT molecular complexity index is 274. The summed E-state index contributed by atoms with van der Waals surface area (Å²) in [5, 5.41) is 24.1. The summed E-state index contributed by atoms with van der Waals surface area (Å²) in [6.45, 7) is 0.188. The van der Waals surface area contributed by atoms with Crippen molar-refractivity contribution in [3.05, 3.63) is 22.4 Å². The van der Waals surface area contributed by atoms with Crippen molar-refractivity contribution in [3.63, 3.8) is 0 Å². The molecule has 0 amide bonds. The molecule has 0 saturated heterocycles. The molecule has 0 radical (unpaired) electrons. The molecule has 1 heterocycles. The molecule has 0 bridgehead atoms. The lowest BCUT2D eigenvalue weighted by molar-refractivity contribution is -0.140. The molecule has 0 aromatic carbocycles. The van der Waals surface area contributed by atoms with Gasteiger partial charge in [0.05, 0.1) is 6.61 Å². The van der Waals surface area contributed by atoms with Crippen LogP contribution in [0.2, 0.25) is 0 Å². The Morgan fingerprint density at radius 3 is 2.93 bits per heavy atom. The monoisotopic (exact) mass is 215 g/mol. The van der Waals surface area contributed by atoms with Crippen molar-refractivity contribution < 1.29 is 15.0 Å². The van der Waals surface area contributed by atoms with Gasteiger partial charge in [0.15, 0.2) is 0 Å². The predicted molar refractivity (Wildman–Crippen MR) is 54.5 cm³/mol. The van der Waals surface area contributed by atoms with Crippen molar-refractivity contribution in [2.24, 2.45) is 0 Å². The normalized spacial score (nSPS) is 12.6. The lowest BCUT2D eigenvalue weighted by atomic mass is 10.2. The third kappa shape index (κ3) is 3.45. The molecule has 1 rings (SSSR count). The Kier molecular flexibility index (Phi) is 4.58. The second-order valence-corrected chi connectivity index (χ2v) is 3.69. The van der Waals surface area contributed by atoms with Gasteiger partial charge in [-0.1, -0.05) is 0 Å². The average Bonchev–Trinajstić information content (AvgIpc) is 2.64. The Morgan fingerprint density at radius 2 is 2.43 bits per heavy atom. The van der Waals surface area contributed by atoms with Gasteiger partial charge in [0.1, 0.15) is 6.04 Å². The van der Waals surface area contributed by atoms with Crippen LogP contribution in [-0.2, 0) is 11.2 Å². The highest BCUT2D eigenvalue weighted by Crippen LogP contribution is 2.05. The summed E-state index contributed by atoms with van der Waals surface area (Å²) >= 11 is 1.62. The van der Waals surface area contributed by atoms with Crippen LogP contribution in [0.1, 0.15) is 5.56 Å². The fourth-order valence-electron chi connectivity index (χ4n) is 1.06. The molecule has 0 aliphatic carbocycles. The van der Waals surface area contributed by atoms with E-state index in [2.05, 4.69) is 5.32 Å². The largest absolute Gasteiger partial charge is 0.480 e. The quantitative estimate of drug-likeness (QED) is 0.639. The summed E-state index contributed by atoms with van der Waals surface area (Å²) in [5.41, 5.74) is 1.18. The molecule has 0 spiro atoms. The topological polar surface area (TPSA) is 69.6 Å². The van der Waals surface area contributed by atoms with Gasteiger partial charge in [-0.25, -0.2) is 0 Å². The highest BCUT2D eigenvalue weighted by molar-refractivity contribution is 7.07. The third-order valence-corrected chi connectivity index (χ3v) is 2.60. The molecule has 3 N–H and O–H groups in total. The summed E-state index contributed by atoms with van der Waals surface area (Å²) in [6.07, 6.45) is 0.785. The number of aliphatic hydroxyl groups is 1. The summed E-state index contributed by atoms with van der Waals surface area (Å²) in [4.78, 5) is 10.5. The minimum atomic E-state index is -1.02. The second kappa shape index (κ2) is 5.74. The lowest BCUT2D eigenvalue weighted by Crippen LogP contribution is -2.40. The Labute approximate surface area is 86.2 Å². The number of nitrogens with one attached hydrogen (secondary N) is 1. The van der Waals surface area contributed by atoms with Crippen LogP contribution in [0.15, 0.2) is 16.8 Å². The van der Waals surface area contributed by atoms with E-state index in [-0.39, 0.29) is 6.61 Å². The maximum absolute atomic E-state index is 10.5. The molecule has 0 saturated carbocycles. The van der Waals surface area contributed by atoms with Crippen LogP contribution in [0.4, 0.5) is 0 Å². The molecule has 0 aliphatic heterocycles. The minimum absolute atomic E-state index is 0.376. The fraction of sp³-hybridized carbons (Fsp3) is 0.444. The van der Waals surface area contributed by atoms with Gasteiger partial charge >= 0.3 is 5.97 Å². The van der Waals surface area contributed by atoms with Gasteiger partial charge in [-0.3, -0.25) is 4.79 Å². The molecular weight excluding hydrogens is 202 g/mol. The second-order valence-electron chi connectivity index (χ2n) is 2.91. The van der Waals surface area contributed by atoms with Crippen molar-refractivity contribution in [2.45, 2.75) is 12.5 Å². The Balaban J connectivity index is 2.23. The van der Waals surface area contributed by atoms with E-state index in [1.807, 2.05) is 16.8 Å². The highest BCUT2D eigenvalue weighted by Gasteiger charge is 2.14. The smallest absolute Gasteiger partial charge is 0.323 e. The van der Waals surface area contributed by atoms with Crippen molar-refractivity contribution in [3.8, 4) is 0 Å². The summed E-state index contributed by atoms with van der Waals surface area (Å²) in [5.74, 6) is -1.02. The first-order valence-corrected chi connectivity index (χ1v) is 5.26. The number of aliphatic carboxylic acids is 1. The molecule has 5 heteroatoms. The van der Waals surface area contributed by atoms with Gasteiger partial charge in [0.25, 0.3) is 0 Å². The van der Waals surface area contributed by atoms with Crippen LogP contribution in [0.3, 0.4) is 0 Å². The number of carboxylic acids is 1.